The molecule has 0 atom stereocenters. The lowest BCUT2D eigenvalue weighted by Crippen LogP contribution is -2.37. The lowest BCUT2D eigenvalue weighted by molar-refractivity contribution is -0.0114. The minimum Gasteiger partial charge on any atom is -0.266 e. The Labute approximate surface area is 122 Å². The topological polar surface area (TPSA) is 80.8 Å². The Morgan fingerprint density at radius 2 is 1.48 bits per heavy atom. The fourth-order valence-electron chi connectivity index (χ4n) is 2.75. The summed E-state index contributed by atoms with van der Waals surface area (Å²) in [6.45, 7) is 0. The summed E-state index contributed by atoms with van der Waals surface area (Å²) in [7, 11) is -3.97. The highest BCUT2D eigenvalue weighted by Gasteiger charge is 2.41. The number of carbonyl (C=O) groups is 2. The molecule has 1 aromatic carbocycles. The third-order valence-electron chi connectivity index (χ3n) is 3.90. The van der Waals surface area contributed by atoms with Crippen molar-refractivity contribution in [3.8, 4) is 0 Å². The SMILES string of the molecule is O=C1c2ccccc2C(=O)N1OS(=O)(=O)C1CCCCC1. The maximum Gasteiger partial charge on any atom is 0.291 e. The third kappa shape index (κ3) is 2.47. The summed E-state index contributed by atoms with van der Waals surface area (Å²) in [5, 5.41) is -0.273. The summed E-state index contributed by atoms with van der Waals surface area (Å²) in [6, 6.07) is 6.19. The second-order valence-electron chi connectivity index (χ2n) is 5.28. The zero-order chi connectivity index (χ0) is 15.0. The van der Waals surface area contributed by atoms with Gasteiger partial charge in [0.25, 0.3) is 21.9 Å². The fraction of sp³-hybridized carbons (Fsp3) is 0.429. The average Bonchev–Trinajstić information content (AvgIpc) is 2.74. The molecule has 2 aliphatic rings. The van der Waals surface area contributed by atoms with Crippen LogP contribution in [0.4, 0.5) is 0 Å². The standard InChI is InChI=1S/C14H15NO5S/c16-13-11-8-4-5-9-12(11)14(17)15(13)20-21(18,19)10-6-2-1-3-7-10/h4-5,8-10H,1-3,6-7H2. The predicted molar refractivity (Wildman–Crippen MR) is 73.8 cm³/mol. The third-order valence-corrected chi connectivity index (χ3v) is 5.54. The van der Waals surface area contributed by atoms with Gasteiger partial charge in [0, 0.05) is 0 Å². The van der Waals surface area contributed by atoms with Gasteiger partial charge in [-0.25, -0.2) is 0 Å². The second-order valence-corrected chi connectivity index (χ2v) is 7.08. The molecule has 0 bridgehead atoms. The van der Waals surface area contributed by atoms with Gasteiger partial charge >= 0.3 is 0 Å². The van der Waals surface area contributed by atoms with Gasteiger partial charge in [-0.15, -0.1) is 9.35 Å². The monoisotopic (exact) mass is 309 g/mol. The molecule has 1 fully saturated rings. The Morgan fingerprint density at radius 3 is 2.00 bits per heavy atom. The van der Waals surface area contributed by atoms with Crippen LogP contribution >= 0.6 is 0 Å². The number of amides is 2. The van der Waals surface area contributed by atoms with E-state index >= 15 is 0 Å². The van der Waals surface area contributed by atoms with E-state index in [9.17, 15) is 18.0 Å². The van der Waals surface area contributed by atoms with E-state index < -0.39 is 27.2 Å². The van der Waals surface area contributed by atoms with Crippen molar-refractivity contribution in [2.45, 2.75) is 37.4 Å². The molecule has 1 aliphatic heterocycles. The zero-order valence-corrected chi connectivity index (χ0v) is 12.1. The maximum absolute atomic E-state index is 12.2. The van der Waals surface area contributed by atoms with Crippen LogP contribution in [0.15, 0.2) is 24.3 Å². The largest absolute Gasteiger partial charge is 0.291 e. The van der Waals surface area contributed by atoms with Crippen molar-refractivity contribution in [2.75, 3.05) is 0 Å². The van der Waals surface area contributed by atoms with Crippen molar-refractivity contribution < 1.29 is 22.3 Å². The van der Waals surface area contributed by atoms with Gasteiger partial charge in [0.1, 0.15) is 0 Å². The first-order valence-corrected chi connectivity index (χ1v) is 8.39. The summed E-state index contributed by atoms with van der Waals surface area (Å²) in [5.41, 5.74) is 0.336. The number of fused-ring (bicyclic) bond motifs is 1. The molecule has 0 N–H and O–H groups in total. The number of imide groups is 1. The van der Waals surface area contributed by atoms with E-state index in [0.29, 0.717) is 17.9 Å². The van der Waals surface area contributed by atoms with E-state index in [0.717, 1.165) is 19.3 Å². The van der Waals surface area contributed by atoms with Gasteiger partial charge in [0.15, 0.2) is 0 Å². The van der Waals surface area contributed by atoms with Crippen LogP contribution in [0.2, 0.25) is 0 Å². The molecule has 1 aromatic rings. The normalized spacial score (nSPS) is 19.9. The lowest BCUT2D eigenvalue weighted by atomic mass is 10.0. The Balaban J connectivity index is 1.83. The molecule has 0 radical (unpaired) electrons. The van der Waals surface area contributed by atoms with E-state index in [2.05, 4.69) is 0 Å². The van der Waals surface area contributed by atoms with Gasteiger partial charge in [0.05, 0.1) is 16.4 Å². The molecule has 0 saturated heterocycles. The van der Waals surface area contributed by atoms with E-state index in [1.807, 2.05) is 0 Å². The molecule has 0 aromatic heterocycles. The van der Waals surface area contributed by atoms with Crippen molar-refractivity contribution in [3.05, 3.63) is 35.4 Å². The second kappa shape index (κ2) is 5.23. The van der Waals surface area contributed by atoms with Crippen LogP contribution < -0.4 is 0 Å². The maximum atomic E-state index is 12.2. The minimum absolute atomic E-state index is 0.168. The lowest BCUT2D eigenvalue weighted by Gasteiger charge is -2.22. The van der Waals surface area contributed by atoms with E-state index in [-0.39, 0.29) is 11.1 Å². The van der Waals surface area contributed by atoms with E-state index in [4.69, 9.17) is 4.28 Å². The summed E-state index contributed by atoms with van der Waals surface area (Å²) in [4.78, 5) is 24.2. The van der Waals surface area contributed by atoms with Crippen LogP contribution in [0, 0.1) is 0 Å². The van der Waals surface area contributed by atoms with Crippen LogP contribution in [0.1, 0.15) is 52.8 Å². The first-order valence-electron chi connectivity index (χ1n) is 6.92. The predicted octanol–water partition coefficient (Wildman–Crippen LogP) is 1.88. The molecule has 112 valence electrons. The van der Waals surface area contributed by atoms with E-state index in [1.165, 1.54) is 12.1 Å². The first-order chi connectivity index (χ1) is 10.0. The molecule has 7 heteroatoms. The molecule has 21 heavy (non-hydrogen) atoms. The Morgan fingerprint density at radius 1 is 0.952 bits per heavy atom. The van der Waals surface area contributed by atoms with Crippen molar-refractivity contribution >= 4 is 21.9 Å². The first kappa shape index (κ1) is 14.2. The average molecular weight is 309 g/mol. The van der Waals surface area contributed by atoms with Gasteiger partial charge in [0.2, 0.25) is 0 Å². The van der Waals surface area contributed by atoms with Gasteiger partial charge in [-0.1, -0.05) is 31.4 Å². The van der Waals surface area contributed by atoms with Crippen molar-refractivity contribution in [2.24, 2.45) is 0 Å². The highest BCUT2D eigenvalue weighted by atomic mass is 32.2. The number of hydrogen-bond donors (Lipinski definition) is 0. The number of carbonyl (C=O) groups excluding carboxylic acids is 2. The van der Waals surface area contributed by atoms with Crippen molar-refractivity contribution in [3.63, 3.8) is 0 Å². The number of rotatable bonds is 3. The van der Waals surface area contributed by atoms with Crippen LogP contribution in [0.3, 0.4) is 0 Å². The highest BCUT2D eigenvalue weighted by Crippen LogP contribution is 2.28. The molecule has 6 nitrogen and oxygen atoms in total. The minimum atomic E-state index is -3.97. The van der Waals surface area contributed by atoms with Gasteiger partial charge in [-0.05, 0) is 25.0 Å². The molecule has 3 rings (SSSR count). The molecule has 1 aliphatic carbocycles. The fourth-order valence-corrected chi connectivity index (χ4v) is 4.13. The Kier molecular flexibility index (Phi) is 3.54. The summed E-state index contributed by atoms with van der Waals surface area (Å²) in [6.07, 6.45) is 3.64. The molecule has 0 unspecified atom stereocenters. The summed E-state index contributed by atoms with van der Waals surface area (Å²) < 4.78 is 29.3. The van der Waals surface area contributed by atoms with E-state index in [1.54, 1.807) is 12.1 Å². The summed E-state index contributed by atoms with van der Waals surface area (Å²) in [5.74, 6) is -1.45. The van der Waals surface area contributed by atoms with Crippen LogP contribution in [0.5, 0.6) is 0 Å². The molecule has 1 saturated carbocycles. The molecule has 1 heterocycles. The van der Waals surface area contributed by atoms with Gasteiger partial charge < -0.3 is 0 Å². The van der Waals surface area contributed by atoms with Crippen LogP contribution in [-0.2, 0) is 14.4 Å². The quantitative estimate of drug-likeness (QED) is 0.796. The van der Waals surface area contributed by atoms with Crippen LogP contribution in [0.25, 0.3) is 0 Å². The van der Waals surface area contributed by atoms with Crippen molar-refractivity contribution in [1.29, 1.82) is 0 Å². The molecular weight excluding hydrogens is 294 g/mol. The smallest absolute Gasteiger partial charge is 0.266 e. The summed E-state index contributed by atoms with van der Waals surface area (Å²) >= 11 is 0. The van der Waals surface area contributed by atoms with Crippen LogP contribution in [-0.4, -0.2) is 30.5 Å². The number of nitrogens with zero attached hydrogens (tertiary/aromatic N) is 1. The number of hydroxylamine groups is 2. The zero-order valence-electron chi connectivity index (χ0n) is 11.3. The van der Waals surface area contributed by atoms with Gasteiger partial charge in [-0.2, -0.15) is 8.42 Å². The number of hydrogen-bond acceptors (Lipinski definition) is 5. The Hall–Kier alpha value is -1.73. The molecule has 2 amide bonds. The van der Waals surface area contributed by atoms with Crippen molar-refractivity contribution in [1.82, 2.24) is 5.06 Å². The molecule has 0 spiro atoms. The number of benzene rings is 1. The highest BCUT2D eigenvalue weighted by molar-refractivity contribution is 7.87. The Bertz CT molecular complexity index is 656. The molecular formula is C14H15NO5S. The van der Waals surface area contributed by atoms with Gasteiger partial charge in [-0.3, -0.25) is 9.59 Å².